The minimum Gasteiger partial charge on any atom is -0.479 e. The van der Waals surface area contributed by atoms with Gasteiger partial charge in [0.15, 0.2) is 6.10 Å². The Labute approximate surface area is 120 Å². The summed E-state index contributed by atoms with van der Waals surface area (Å²) in [6.07, 6.45) is -0.530. The summed E-state index contributed by atoms with van der Waals surface area (Å²) in [5, 5.41) is 8.92. The molecule has 0 saturated carbocycles. The second-order valence-corrected chi connectivity index (χ2v) is 6.01. The molecule has 0 radical (unpaired) electrons. The van der Waals surface area contributed by atoms with Gasteiger partial charge < -0.3 is 19.6 Å². The van der Waals surface area contributed by atoms with E-state index in [4.69, 9.17) is 9.84 Å². The topological polar surface area (TPSA) is 70.1 Å². The summed E-state index contributed by atoms with van der Waals surface area (Å²) < 4.78 is 5.35. The second-order valence-electron chi connectivity index (χ2n) is 6.01. The summed E-state index contributed by atoms with van der Waals surface area (Å²) in [6.45, 7) is 6.22. The van der Waals surface area contributed by atoms with Crippen molar-refractivity contribution in [1.82, 2.24) is 9.80 Å². The van der Waals surface area contributed by atoms with E-state index in [1.54, 1.807) is 4.90 Å². The summed E-state index contributed by atoms with van der Waals surface area (Å²) >= 11 is 0. The number of carboxylic acid groups (broad SMARTS) is 1. The Morgan fingerprint density at radius 2 is 1.80 bits per heavy atom. The van der Waals surface area contributed by atoms with E-state index >= 15 is 0 Å². The molecular formula is C14H26N2O4. The van der Waals surface area contributed by atoms with E-state index in [0.29, 0.717) is 31.8 Å². The van der Waals surface area contributed by atoms with Gasteiger partial charge in [0.2, 0.25) is 0 Å². The number of nitrogens with zero attached hydrogens (tertiary/aromatic N) is 2. The molecule has 20 heavy (non-hydrogen) atoms. The van der Waals surface area contributed by atoms with Crippen LogP contribution in [-0.4, -0.2) is 72.7 Å². The molecule has 2 atom stereocenters. The summed E-state index contributed by atoms with van der Waals surface area (Å²) in [4.78, 5) is 27.1. The zero-order chi connectivity index (χ0) is 15.3. The first-order valence-electron chi connectivity index (χ1n) is 7.13. The fraction of sp³-hybridized carbons (Fsp3) is 0.857. The molecule has 0 bridgehead atoms. The molecule has 0 spiro atoms. The van der Waals surface area contributed by atoms with E-state index < -0.39 is 18.2 Å². The van der Waals surface area contributed by atoms with E-state index in [0.717, 1.165) is 6.54 Å². The quantitative estimate of drug-likeness (QED) is 0.744. The molecule has 116 valence electrons. The number of hydrogen-bond acceptors (Lipinski definition) is 4. The van der Waals surface area contributed by atoms with Crippen LogP contribution in [0.15, 0.2) is 0 Å². The first kappa shape index (κ1) is 16.9. The third-order valence-corrected chi connectivity index (χ3v) is 3.28. The van der Waals surface area contributed by atoms with Crippen molar-refractivity contribution < 1.29 is 19.4 Å². The van der Waals surface area contributed by atoms with E-state index in [1.165, 1.54) is 0 Å². The van der Waals surface area contributed by atoms with Gasteiger partial charge in [-0.15, -0.1) is 0 Å². The maximum absolute atomic E-state index is 12.5. The Bertz CT molecular complexity index is 344. The van der Waals surface area contributed by atoms with Crippen molar-refractivity contribution in [2.24, 2.45) is 5.92 Å². The van der Waals surface area contributed by atoms with Crippen LogP contribution in [0.1, 0.15) is 26.7 Å². The maximum atomic E-state index is 12.5. The molecule has 6 nitrogen and oxygen atoms in total. The number of hydrogen-bond donors (Lipinski definition) is 1. The Hall–Kier alpha value is -1.14. The standard InChI is InChI=1S/C14H26N2O4/c1-10(2)9-16(8-7-15(3)4)13(17)11-5-6-12(20-11)14(18)19/h10-12H,5-9H2,1-4H3,(H,18,19)/t11-,12+/m0/s1. The Balaban J connectivity index is 2.60. The highest BCUT2D eigenvalue weighted by Gasteiger charge is 2.36. The van der Waals surface area contributed by atoms with Crippen LogP contribution in [0.4, 0.5) is 0 Å². The Kier molecular flexibility index (Phi) is 6.42. The molecule has 0 aromatic carbocycles. The minimum atomic E-state index is -0.982. The number of likely N-dealkylation sites (N-methyl/N-ethyl adjacent to an activating group) is 1. The van der Waals surface area contributed by atoms with Gasteiger partial charge in [0, 0.05) is 19.6 Å². The number of amides is 1. The van der Waals surface area contributed by atoms with Gasteiger partial charge in [0.25, 0.3) is 5.91 Å². The average Bonchev–Trinajstić information content (AvgIpc) is 2.82. The van der Waals surface area contributed by atoms with Crippen molar-refractivity contribution in [2.45, 2.75) is 38.9 Å². The molecular weight excluding hydrogens is 260 g/mol. The summed E-state index contributed by atoms with van der Waals surface area (Å²) in [5.41, 5.74) is 0. The van der Waals surface area contributed by atoms with Crippen molar-refractivity contribution in [2.75, 3.05) is 33.7 Å². The highest BCUT2D eigenvalue weighted by molar-refractivity contribution is 5.82. The minimum absolute atomic E-state index is 0.0794. The first-order chi connectivity index (χ1) is 9.31. The van der Waals surface area contributed by atoms with Gasteiger partial charge in [-0.05, 0) is 32.9 Å². The summed E-state index contributed by atoms with van der Waals surface area (Å²) in [7, 11) is 3.93. The predicted molar refractivity (Wildman–Crippen MR) is 75.5 cm³/mol. The van der Waals surface area contributed by atoms with Crippen LogP contribution in [-0.2, 0) is 14.3 Å². The van der Waals surface area contributed by atoms with Crippen molar-refractivity contribution in [3.05, 3.63) is 0 Å². The monoisotopic (exact) mass is 286 g/mol. The molecule has 0 aromatic heterocycles. The first-order valence-corrected chi connectivity index (χ1v) is 7.13. The Morgan fingerprint density at radius 3 is 2.25 bits per heavy atom. The van der Waals surface area contributed by atoms with Gasteiger partial charge in [-0.25, -0.2) is 4.79 Å². The molecule has 1 aliphatic rings. The predicted octanol–water partition coefficient (Wildman–Crippen LogP) is 0.665. The van der Waals surface area contributed by atoms with Gasteiger partial charge in [-0.2, -0.15) is 0 Å². The van der Waals surface area contributed by atoms with Crippen LogP contribution >= 0.6 is 0 Å². The van der Waals surface area contributed by atoms with Gasteiger partial charge in [-0.3, -0.25) is 4.79 Å². The lowest BCUT2D eigenvalue weighted by Gasteiger charge is -2.28. The van der Waals surface area contributed by atoms with E-state index in [2.05, 4.69) is 13.8 Å². The molecule has 1 saturated heterocycles. The van der Waals surface area contributed by atoms with Crippen molar-refractivity contribution in [3.8, 4) is 0 Å². The lowest BCUT2D eigenvalue weighted by atomic mass is 10.1. The molecule has 0 aliphatic carbocycles. The molecule has 0 unspecified atom stereocenters. The average molecular weight is 286 g/mol. The zero-order valence-electron chi connectivity index (χ0n) is 12.8. The Morgan fingerprint density at radius 1 is 1.20 bits per heavy atom. The molecule has 1 amide bonds. The second kappa shape index (κ2) is 7.59. The van der Waals surface area contributed by atoms with E-state index in [9.17, 15) is 9.59 Å². The maximum Gasteiger partial charge on any atom is 0.332 e. The van der Waals surface area contributed by atoms with Gasteiger partial charge >= 0.3 is 5.97 Å². The molecule has 1 aliphatic heterocycles. The van der Waals surface area contributed by atoms with Crippen LogP contribution in [0.3, 0.4) is 0 Å². The van der Waals surface area contributed by atoms with Crippen LogP contribution in [0.2, 0.25) is 0 Å². The molecule has 1 heterocycles. The lowest BCUT2D eigenvalue weighted by molar-refractivity contribution is -0.155. The van der Waals surface area contributed by atoms with E-state index in [1.807, 2.05) is 19.0 Å². The highest BCUT2D eigenvalue weighted by atomic mass is 16.5. The third-order valence-electron chi connectivity index (χ3n) is 3.28. The molecule has 1 N–H and O–H groups in total. The van der Waals surface area contributed by atoms with Gasteiger partial charge in [-0.1, -0.05) is 13.8 Å². The normalized spacial score (nSPS) is 22.5. The van der Waals surface area contributed by atoms with Crippen molar-refractivity contribution >= 4 is 11.9 Å². The summed E-state index contributed by atoms with van der Waals surface area (Å²) in [6, 6.07) is 0. The van der Waals surface area contributed by atoms with Crippen molar-refractivity contribution in [3.63, 3.8) is 0 Å². The zero-order valence-corrected chi connectivity index (χ0v) is 12.8. The number of carbonyl (C=O) groups excluding carboxylic acids is 1. The van der Waals surface area contributed by atoms with Crippen molar-refractivity contribution in [1.29, 1.82) is 0 Å². The van der Waals surface area contributed by atoms with Crippen LogP contribution in [0.25, 0.3) is 0 Å². The fourth-order valence-electron chi connectivity index (χ4n) is 2.26. The number of carboxylic acids is 1. The summed E-state index contributed by atoms with van der Waals surface area (Å²) in [5.74, 6) is -0.689. The van der Waals surface area contributed by atoms with Crippen LogP contribution in [0.5, 0.6) is 0 Å². The molecule has 6 heteroatoms. The molecule has 1 fully saturated rings. The number of ether oxygens (including phenoxy) is 1. The smallest absolute Gasteiger partial charge is 0.332 e. The molecule has 1 rings (SSSR count). The van der Waals surface area contributed by atoms with E-state index in [-0.39, 0.29) is 5.91 Å². The molecule has 0 aromatic rings. The third kappa shape index (κ3) is 5.09. The SMILES string of the molecule is CC(C)CN(CCN(C)C)C(=O)[C@@H]1CC[C@H](C(=O)O)O1. The van der Waals surface area contributed by atoms with Gasteiger partial charge in [0.1, 0.15) is 6.10 Å². The largest absolute Gasteiger partial charge is 0.479 e. The van der Waals surface area contributed by atoms with Gasteiger partial charge in [0.05, 0.1) is 0 Å². The highest BCUT2D eigenvalue weighted by Crippen LogP contribution is 2.22. The number of rotatable bonds is 7. The number of aliphatic carboxylic acids is 1. The fourth-order valence-corrected chi connectivity index (χ4v) is 2.26. The van der Waals surface area contributed by atoms with Crippen LogP contribution < -0.4 is 0 Å². The number of carbonyl (C=O) groups is 2. The lowest BCUT2D eigenvalue weighted by Crippen LogP contribution is -2.44. The van der Waals surface area contributed by atoms with Crippen LogP contribution in [0, 0.1) is 5.92 Å².